The van der Waals surface area contributed by atoms with Crippen LogP contribution in [0.1, 0.15) is 0 Å². The zero-order valence-electron chi connectivity index (χ0n) is 24.4. The lowest BCUT2D eigenvalue weighted by Gasteiger charge is -2.14. The molecule has 0 aliphatic rings. The van der Waals surface area contributed by atoms with Crippen LogP contribution in [0.2, 0.25) is 0 Å². The second kappa shape index (κ2) is 9.29. The van der Waals surface area contributed by atoms with E-state index in [1.807, 2.05) is 0 Å². The maximum Gasteiger partial charge on any atom is 0.135 e. The number of rotatable bonds is 2. The van der Waals surface area contributed by atoms with Gasteiger partial charge in [0.15, 0.2) is 0 Å². The third-order valence-electron chi connectivity index (χ3n) is 9.54. The second-order valence-electron chi connectivity index (χ2n) is 12.2. The highest BCUT2D eigenvalue weighted by Crippen LogP contribution is 2.40. The van der Waals surface area contributed by atoms with E-state index in [9.17, 15) is 0 Å². The van der Waals surface area contributed by atoms with Crippen molar-refractivity contribution in [2.24, 2.45) is 0 Å². The maximum absolute atomic E-state index is 6.87. The number of ether oxygens (including phenoxy) is 1. The molecule has 0 spiro atoms. The minimum atomic E-state index is 0.865. The van der Waals surface area contributed by atoms with Crippen LogP contribution in [0.3, 0.4) is 0 Å². The fraction of sp³-hybridized carbons (Fsp3) is 0. The van der Waals surface area contributed by atoms with Crippen LogP contribution in [0.15, 0.2) is 158 Å². The van der Waals surface area contributed by atoms with Crippen LogP contribution in [0, 0.1) is 0 Å². The van der Waals surface area contributed by atoms with Crippen molar-refractivity contribution in [1.82, 2.24) is 0 Å². The second-order valence-corrected chi connectivity index (χ2v) is 12.2. The van der Waals surface area contributed by atoms with Gasteiger partial charge >= 0.3 is 0 Å². The lowest BCUT2D eigenvalue weighted by atomic mass is 9.95. The fourth-order valence-corrected chi connectivity index (χ4v) is 7.28. The van der Waals surface area contributed by atoms with Gasteiger partial charge in [-0.3, -0.25) is 0 Å². The Morgan fingerprint density at radius 3 is 0.956 bits per heavy atom. The Morgan fingerprint density at radius 1 is 0.222 bits per heavy atom. The van der Waals surface area contributed by atoms with Crippen molar-refractivity contribution < 1.29 is 4.74 Å². The molecule has 0 saturated heterocycles. The predicted molar refractivity (Wildman–Crippen MR) is 193 cm³/mol. The average Bonchev–Trinajstić information content (AvgIpc) is 3.08. The Balaban J connectivity index is 1.18. The molecule has 10 aromatic carbocycles. The first-order chi connectivity index (χ1) is 22.2. The first-order valence-electron chi connectivity index (χ1n) is 15.5. The summed E-state index contributed by atoms with van der Waals surface area (Å²) in [5.74, 6) is 1.73. The first kappa shape index (κ1) is 24.5. The van der Waals surface area contributed by atoms with Gasteiger partial charge in [-0.15, -0.1) is 0 Å². The minimum absolute atomic E-state index is 0.865. The van der Waals surface area contributed by atoms with E-state index in [-0.39, 0.29) is 0 Å². The van der Waals surface area contributed by atoms with Crippen LogP contribution < -0.4 is 4.74 Å². The van der Waals surface area contributed by atoms with Gasteiger partial charge in [0.05, 0.1) is 0 Å². The van der Waals surface area contributed by atoms with Crippen molar-refractivity contribution >= 4 is 86.2 Å². The molecule has 0 aliphatic carbocycles. The fourth-order valence-electron chi connectivity index (χ4n) is 7.28. The van der Waals surface area contributed by atoms with Crippen molar-refractivity contribution in [2.45, 2.75) is 0 Å². The van der Waals surface area contributed by atoms with Gasteiger partial charge in [0, 0.05) is 10.8 Å². The van der Waals surface area contributed by atoms with Crippen molar-refractivity contribution in [2.75, 3.05) is 0 Å². The van der Waals surface area contributed by atoms with Crippen molar-refractivity contribution in [1.29, 1.82) is 0 Å². The molecule has 0 N–H and O–H groups in total. The third-order valence-corrected chi connectivity index (χ3v) is 9.54. The van der Waals surface area contributed by atoms with Crippen LogP contribution in [0.4, 0.5) is 0 Å². The topological polar surface area (TPSA) is 9.23 Å². The quantitative estimate of drug-likeness (QED) is 0.148. The Kier molecular flexibility index (Phi) is 5.06. The lowest BCUT2D eigenvalue weighted by molar-refractivity contribution is 0.494. The molecule has 208 valence electrons. The molecule has 0 radical (unpaired) electrons. The zero-order valence-corrected chi connectivity index (χ0v) is 24.4. The summed E-state index contributed by atoms with van der Waals surface area (Å²) >= 11 is 0. The normalized spacial score (nSPS) is 12.0. The summed E-state index contributed by atoms with van der Waals surface area (Å²) in [6.45, 7) is 0. The lowest BCUT2D eigenvalue weighted by Crippen LogP contribution is -1.89. The van der Waals surface area contributed by atoms with Gasteiger partial charge in [-0.05, 0) is 136 Å². The summed E-state index contributed by atoms with van der Waals surface area (Å²) in [5.41, 5.74) is 0. The van der Waals surface area contributed by atoms with E-state index in [0.717, 1.165) is 22.3 Å². The summed E-state index contributed by atoms with van der Waals surface area (Å²) in [4.78, 5) is 0. The van der Waals surface area contributed by atoms with Crippen molar-refractivity contribution in [3.05, 3.63) is 158 Å². The minimum Gasteiger partial charge on any atom is -0.456 e. The summed E-state index contributed by atoms with van der Waals surface area (Å²) in [5, 5.41) is 19.6. The van der Waals surface area contributed by atoms with Gasteiger partial charge in [-0.2, -0.15) is 0 Å². The van der Waals surface area contributed by atoms with Crippen LogP contribution in [0.25, 0.3) is 86.2 Å². The highest BCUT2D eigenvalue weighted by atomic mass is 16.5. The highest BCUT2D eigenvalue weighted by molar-refractivity contribution is 6.17. The largest absolute Gasteiger partial charge is 0.456 e. The molecule has 0 atom stereocenters. The SMILES string of the molecule is c1ccc2cc3c(ccc4cc5cccc(Oc6cccc7cc8ccc9cc%10ccccc%10cc9c8cc67)c5cc43)cc2c1. The Morgan fingerprint density at radius 2 is 0.533 bits per heavy atom. The summed E-state index contributed by atoms with van der Waals surface area (Å²) in [6.07, 6.45) is 0. The molecule has 0 aliphatic heterocycles. The molecule has 1 heteroatoms. The van der Waals surface area contributed by atoms with E-state index < -0.39 is 0 Å². The van der Waals surface area contributed by atoms with Crippen LogP contribution in [-0.2, 0) is 0 Å². The standard InChI is InChI=1S/C44H26O/c1-3-9-29-23-37-33(19-27(29)7-1)15-17-35-21-31-11-5-13-43(41(31)25-39(35)37)45-44-14-6-12-32-22-36-18-16-34-20-28-8-2-4-10-30(28)24-38(34)40(36)26-42(32)44/h1-26H. The van der Waals surface area contributed by atoms with Gasteiger partial charge < -0.3 is 4.74 Å². The molecule has 45 heavy (non-hydrogen) atoms. The molecular formula is C44H26O. The molecule has 0 fully saturated rings. The van der Waals surface area contributed by atoms with Gasteiger partial charge in [0.1, 0.15) is 11.5 Å². The van der Waals surface area contributed by atoms with Crippen LogP contribution in [-0.4, -0.2) is 0 Å². The van der Waals surface area contributed by atoms with Crippen LogP contribution >= 0.6 is 0 Å². The molecule has 0 heterocycles. The van der Waals surface area contributed by atoms with E-state index in [4.69, 9.17) is 4.74 Å². The number of benzene rings is 10. The number of fused-ring (bicyclic) bond motifs is 10. The van der Waals surface area contributed by atoms with E-state index >= 15 is 0 Å². The molecule has 1 nitrogen and oxygen atoms in total. The van der Waals surface area contributed by atoms with E-state index in [0.29, 0.717) is 0 Å². The summed E-state index contributed by atoms with van der Waals surface area (Å²) in [6, 6.07) is 57.3. The Hall–Kier alpha value is -5.92. The van der Waals surface area contributed by atoms with Gasteiger partial charge in [0.25, 0.3) is 0 Å². The molecule has 0 unspecified atom stereocenters. The third kappa shape index (κ3) is 3.81. The van der Waals surface area contributed by atoms with E-state index in [1.54, 1.807) is 0 Å². The number of hydrogen-bond acceptors (Lipinski definition) is 1. The molecule has 0 saturated carbocycles. The number of hydrogen-bond donors (Lipinski definition) is 0. The smallest absolute Gasteiger partial charge is 0.135 e. The molecule has 0 aromatic heterocycles. The predicted octanol–water partition coefficient (Wildman–Crippen LogP) is 12.7. The molecule has 10 aromatic rings. The highest BCUT2D eigenvalue weighted by Gasteiger charge is 2.12. The Bertz CT molecular complexity index is 2650. The van der Waals surface area contributed by atoms with Gasteiger partial charge in [-0.25, -0.2) is 0 Å². The van der Waals surface area contributed by atoms with Crippen molar-refractivity contribution in [3.8, 4) is 11.5 Å². The van der Waals surface area contributed by atoms with Gasteiger partial charge in [0.2, 0.25) is 0 Å². The molecule has 10 rings (SSSR count). The van der Waals surface area contributed by atoms with Crippen LogP contribution in [0.5, 0.6) is 11.5 Å². The summed E-state index contributed by atoms with van der Waals surface area (Å²) < 4.78 is 6.87. The summed E-state index contributed by atoms with van der Waals surface area (Å²) in [7, 11) is 0. The van der Waals surface area contributed by atoms with E-state index in [2.05, 4.69) is 158 Å². The van der Waals surface area contributed by atoms with Gasteiger partial charge in [-0.1, -0.05) is 97.1 Å². The van der Waals surface area contributed by atoms with E-state index in [1.165, 1.54) is 75.4 Å². The van der Waals surface area contributed by atoms with Crippen molar-refractivity contribution in [3.63, 3.8) is 0 Å². The average molecular weight is 571 g/mol. The Labute approximate surface area is 259 Å². The molecule has 0 bridgehead atoms. The monoisotopic (exact) mass is 570 g/mol. The first-order valence-corrected chi connectivity index (χ1v) is 15.5. The maximum atomic E-state index is 6.87. The molecule has 0 amide bonds. The molecular weight excluding hydrogens is 544 g/mol. The zero-order chi connectivity index (χ0) is 29.5.